The van der Waals surface area contributed by atoms with Crippen LogP contribution in [0.15, 0.2) is 12.5 Å². The number of nitrogens with zero attached hydrogens (tertiary/aromatic N) is 2. The minimum atomic E-state index is -4.60. The summed E-state index contributed by atoms with van der Waals surface area (Å²) in [6, 6.07) is 0. The third kappa shape index (κ3) is 1.58. The summed E-state index contributed by atoms with van der Waals surface area (Å²) in [6.45, 7) is 0. The van der Waals surface area contributed by atoms with E-state index in [0.29, 0.717) is 0 Å². The van der Waals surface area contributed by atoms with Crippen LogP contribution in [-0.2, 0) is 6.18 Å². The Kier molecular flexibility index (Phi) is 2.07. The normalized spacial score (nSPS) is 11.2. The first kappa shape index (κ1) is 8.63. The van der Waals surface area contributed by atoms with Crippen molar-refractivity contribution in [2.75, 3.05) is 0 Å². The van der Waals surface area contributed by atoms with Crippen molar-refractivity contribution >= 4 is 6.29 Å². The van der Waals surface area contributed by atoms with E-state index in [1.165, 1.54) is 0 Å². The lowest BCUT2D eigenvalue weighted by molar-refractivity contribution is -0.141. The first-order valence-corrected chi connectivity index (χ1v) is 2.88. The summed E-state index contributed by atoms with van der Waals surface area (Å²) >= 11 is 0. The summed E-state index contributed by atoms with van der Waals surface area (Å²) < 4.78 is 36.0. The predicted molar refractivity (Wildman–Crippen MR) is 32.4 cm³/mol. The molecule has 0 atom stereocenters. The van der Waals surface area contributed by atoms with Gasteiger partial charge in [-0.15, -0.1) is 0 Å². The van der Waals surface area contributed by atoms with Gasteiger partial charge >= 0.3 is 6.18 Å². The Morgan fingerprint density at radius 1 is 1.42 bits per heavy atom. The van der Waals surface area contributed by atoms with Crippen LogP contribution >= 0.6 is 0 Å². The van der Waals surface area contributed by atoms with Crippen molar-refractivity contribution in [1.29, 1.82) is 0 Å². The lowest BCUT2D eigenvalue weighted by Crippen LogP contribution is -2.11. The quantitative estimate of drug-likeness (QED) is 0.606. The highest BCUT2D eigenvalue weighted by molar-refractivity contribution is 5.75. The largest absolute Gasteiger partial charge is 0.434 e. The van der Waals surface area contributed by atoms with Gasteiger partial charge in [0.1, 0.15) is 6.33 Å². The third-order valence-electron chi connectivity index (χ3n) is 1.14. The van der Waals surface area contributed by atoms with E-state index in [2.05, 4.69) is 9.97 Å². The molecule has 0 amide bonds. The van der Waals surface area contributed by atoms with Crippen LogP contribution in [0.4, 0.5) is 13.2 Å². The highest BCUT2D eigenvalue weighted by atomic mass is 19.4. The molecule has 0 aliphatic heterocycles. The lowest BCUT2D eigenvalue weighted by Gasteiger charge is -2.05. The summed E-state index contributed by atoms with van der Waals surface area (Å²) in [7, 11) is 0. The van der Waals surface area contributed by atoms with Crippen molar-refractivity contribution < 1.29 is 18.0 Å². The first-order chi connectivity index (χ1) is 5.55. The van der Waals surface area contributed by atoms with E-state index in [-0.39, 0.29) is 6.29 Å². The molecule has 0 unspecified atom stereocenters. The van der Waals surface area contributed by atoms with E-state index >= 15 is 0 Å². The molecule has 0 saturated carbocycles. The number of hydrogen-bond donors (Lipinski definition) is 0. The molecule has 1 aromatic heterocycles. The van der Waals surface area contributed by atoms with Crippen LogP contribution in [0.2, 0.25) is 0 Å². The van der Waals surface area contributed by atoms with Crippen LogP contribution in [0.25, 0.3) is 0 Å². The Morgan fingerprint density at radius 3 is 2.50 bits per heavy atom. The van der Waals surface area contributed by atoms with E-state index < -0.39 is 17.4 Å². The molecule has 0 saturated heterocycles. The molecule has 0 aliphatic carbocycles. The van der Waals surface area contributed by atoms with E-state index in [0.717, 1.165) is 12.5 Å². The molecular weight excluding hydrogens is 173 g/mol. The van der Waals surface area contributed by atoms with Crippen LogP contribution in [0.3, 0.4) is 0 Å². The molecule has 6 heteroatoms. The molecule has 0 bridgehead atoms. The molecule has 64 valence electrons. The second-order valence-electron chi connectivity index (χ2n) is 1.94. The topological polar surface area (TPSA) is 42.9 Å². The van der Waals surface area contributed by atoms with Gasteiger partial charge in [-0.1, -0.05) is 0 Å². The molecule has 0 N–H and O–H groups in total. The number of rotatable bonds is 1. The second-order valence-corrected chi connectivity index (χ2v) is 1.94. The molecule has 0 spiro atoms. The number of halogens is 3. The van der Waals surface area contributed by atoms with Crippen LogP contribution in [-0.4, -0.2) is 16.3 Å². The maximum Gasteiger partial charge on any atom is 0.434 e. The Labute approximate surface area is 65.3 Å². The Morgan fingerprint density at radius 2 is 2.08 bits per heavy atom. The molecule has 3 nitrogen and oxygen atoms in total. The average molecular weight is 176 g/mol. The van der Waals surface area contributed by atoms with E-state index in [1.807, 2.05) is 0 Å². The number of alkyl halides is 3. The second kappa shape index (κ2) is 2.88. The standard InChI is InChI=1S/C6H3F3N2O/c7-6(8,9)5-4(2-12)1-10-3-11-5/h1-3H. The summed E-state index contributed by atoms with van der Waals surface area (Å²) in [6.07, 6.45) is -2.96. The van der Waals surface area contributed by atoms with E-state index in [9.17, 15) is 18.0 Å². The number of aldehydes is 1. The van der Waals surface area contributed by atoms with E-state index in [4.69, 9.17) is 0 Å². The predicted octanol–water partition coefficient (Wildman–Crippen LogP) is 1.31. The smallest absolute Gasteiger partial charge is 0.298 e. The van der Waals surface area contributed by atoms with Crippen molar-refractivity contribution in [2.45, 2.75) is 6.18 Å². The zero-order valence-corrected chi connectivity index (χ0v) is 5.67. The molecule has 0 aromatic carbocycles. The number of carbonyl (C=O) groups is 1. The van der Waals surface area contributed by atoms with E-state index in [1.54, 1.807) is 0 Å². The van der Waals surface area contributed by atoms with Gasteiger partial charge < -0.3 is 0 Å². The summed E-state index contributed by atoms with van der Waals surface area (Å²) in [5.41, 5.74) is -1.75. The van der Waals surface area contributed by atoms with Gasteiger partial charge in [0.05, 0.1) is 5.56 Å². The zero-order chi connectivity index (χ0) is 9.19. The summed E-state index contributed by atoms with van der Waals surface area (Å²) in [5, 5.41) is 0. The molecule has 1 heterocycles. The number of carbonyl (C=O) groups excluding carboxylic acids is 1. The zero-order valence-electron chi connectivity index (χ0n) is 5.67. The molecule has 12 heavy (non-hydrogen) atoms. The van der Waals surface area contributed by atoms with Gasteiger partial charge in [0.25, 0.3) is 0 Å². The van der Waals surface area contributed by atoms with Gasteiger partial charge in [-0.25, -0.2) is 9.97 Å². The van der Waals surface area contributed by atoms with Gasteiger partial charge in [-0.3, -0.25) is 4.79 Å². The SMILES string of the molecule is O=Cc1cncnc1C(F)(F)F. The summed E-state index contributed by atoms with van der Waals surface area (Å²) in [4.78, 5) is 16.3. The molecule has 0 radical (unpaired) electrons. The van der Waals surface area contributed by atoms with Crippen LogP contribution in [0.5, 0.6) is 0 Å². The average Bonchev–Trinajstić information content (AvgIpc) is 2.03. The highest BCUT2D eigenvalue weighted by Gasteiger charge is 2.35. The first-order valence-electron chi connectivity index (χ1n) is 2.88. The Balaban J connectivity index is 3.23. The molecule has 0 fully saturated rings. The van der Waals surface area contributed by atoms with Gasteiger partial charge in [-0.2, -0.15) is 13.2 Å². The summed E-state index contributed by atoms with van der Waals surface area (Å²) in [5.74, 6) is 0. The van der Waals surface area contributed by atoms with Gasteiger partial charge in [-0.05, 0) is 0 Å². The fourth-order valence-electron chi connectivity index (χ4n) is 0.663. The highest BCUT2D eigenvalue weighted by Crippen LogP contribution is 2.28. The van der Waals surface area contributed by atoms with Gasteiger partial charge in [0.2, 0.25) is 0 Å². The van der Waals surface area contributed by atoms with Gasteiger partial charge in [0.15, 0.2) is 12.0 Å². The van der Waals surface area contributed by atoms with Crippen molar-refractivity contribution in [2.24, 2.45) is 0 Å². The van der Waals surface area contributed by atoms with Crippen molar-refractivity contribution in [3.8, 4) is 0 Å². The van der Waals surface area contributed by atoms with Crippen LogP contribution in [0.1, 0.15) is 16.1 Å². The maximum absolute atomic E-state index is 12.0. The maximum atomic E-state index is 12.0. The van der Waals surface area contributed by atoms with Gasteiger partial charge in [0, 0.05) is 6.20 Å². The molecular formula is C6H3F3N2O. The van der Waals surface area contributed by atoms with Crippen molar-refractivity contribution in [3.63, 3.8) is 0 Å². The minimum Gasteiger partial charge on any atom is -0.298 e. The Hall–Kier alpha value is -1.46. The lowest BCUT2D eigenvalue weighted by atomic mass is 10.2. The monoisotopic (exact) mass is 176 g/mol. The molecule has 1 rings (SSSR count). The van der Waals surface area contributed by atoms with Crippen LogP contribution in [0, 0.1) is 0 Å². The molecule has 0 aliphatic rings. The fourth-order valence-corrected chi connectivity index (χ4v) is 0.663. The van der Waals surface area contributed by atoms with Crippen molar-refractivity contribution in [1.82, 2.24) is 9.97 Å². The third-order valence-corrected chi connectivity index (χ3v) is 1.14. The Bertz CT molecular complexity index is 297. The van der Waals surface area contributed by atoms with Crippen molar-refractivity contribution in [3.05, 3.63) is 23.8 Å². The molecule has 1 aromatic rings. The number of hydrogen-bond acceptors (Lipinski definition) is 3. The minimum absolute atomic E-state index is 0.0722. The van der Waals surface area contributed by atoms with Crippen LogP contribution < -0.4 is 0 Å². The number of aromatic nitrogens is 2. The fraction of sp³-hybridized carbons (Fsp3) is 0.167.